The fourth-order valence-corrected chi connectivity index (χ4v) is 8.53. The minimum absolute atomic E-state index is 0.173. The molecule has 4 aliphatic rings. The summed E-state index contributed by atoms with van der Waals surface area (Å²) in [6.45, 7) is 9.20. The number of likely N-dealkylation sites (tertiary alicyclic amines) is 1. The van der Waals surface area contributed by atoms with Crippen LogP contribution in [0.4, 0.5) is 23.8 Å². The number of carbonyl (C=O) groups excluding carboxylic acids is 1. The van der Waals surface area contributed by atoms with Gasteiger partial charge in [0.15, 0.2) is 0 Å². The Balaban J connectivity index is 1.44. The number of amides is 2. The number of alkyl halides is 3. The second kappa shape index (κ2) is 8.22. The summed E-state index contributed by atoms with van der Waals surface area (Å²) < 4.78 is 39.4. The topological polar surface area (TPSA) is 65.5 Å². The quantitative estimate of drug-likeness (QED) is 0.443. The maximum atomic E-state index is 13.3. The summed E-state index contributed by atoms with van der Waals surface area (Å²) in [7, 11) is 0. The van der Waals surface area contributed by atoms with Gasteiger partial charge in [0, 0.05) is 24.1 Å². The Morgan fingerprint density at radius 2 is 1.97 bits per heavy atom. The Morgan fingerprint density at radius 1 is 1.23 bits per heavy atom. The van der Waals surface area contributed by atoms with Crippen molar-refractivity contribution in [1.29, 1.82) is 0 Å². The number of nitrogens with one attached hydrogen (secondary N) is 1. The minimum Gasteiger partial charge on any atom is -0.373 e. The van der Waals surface area contributed by atoms with Crippen LogP contribution < -0.4 is 5.32 Å². The number of halogens is 3. The predicted molar refractivity (Wildman–Crippen MR) is 127 cm³/mol. The van der Waals surface area contributed by atoms with E-state index in [1.807, 2.05) is 6.92 Å². The highest BCUT2D eigenvalue weighted by molar-refractivity contribution is 5.88. The van der Waals surface area contributed by atoms with Gasteiger partial charge in [0.25, 0.3) is 0 Å². The van der Waals surface area contributed by atoms with Crippen LogP contribution in [0.3, 0.4) is 0 Å². The number of hydrogen-bond donors (Lipinski definition) is 2. The van der Waals surface area contributed by atoms with Gasteiger partial charge in [-0.25, -0.2) is 9.78 Å². The van der Waals surface area contributed by atoms with Gasteiger partial charge in [-0.15, -0.1) is 0 Å². The third-order valence-electron chi connectivity index (χ3n) is 9.96. The summed E-state index contributed by atoms with van der Waals surface area (Å²) in [5.74, 6) is 1.27. The third-order valence-corrected chi connectivity index (χ3v) is 9.96. The van der Waals surface area contributed by atoms with Crippen LogP contribution >= 0.6 is 0 Å². The first-order chi connectivity index (χ1) is 16.3. The number of rotatable bonds is 1. The highest BCUT2D eigenvalue weighted by Gasteiger charge is 2.59. The van der Waals surface area contributed by atoms with Crippen LogP contribution in [0.15, 0.2) is 29.5 Å². The second-order valence-electron chi connectivity index (χ2n) is 12.0. The molecule has 2 saturated carbocycles. The number of aromatic nitrogens is 1. The number of allylic oxidation sites excluding steroid dienone is 1. The van der Waals surface area contributed by atoms with E-state index >= 15 is 0 Å². The minimum atomic E-state index is -4.53. The van der Waals surface area contributed by atoms with Crippen LogP contribution in [0.25, 0.3) is 0 Å². The monoisotopic (exact) mass is 491 g/mol. The number of aliphatic hydroxyl groups excluding tert-OH is 1. The Kier molecular flexibility index (Phi) is 5.78. The van der Waals surface area contributed by atoms with Gasteiger partial charge in [0.1, 0.15) is 12.0 Å². The first kappa shape index (κ1) is 24.6. The molecule has 5 nitrogen and oxygen atoms in total. The number of hydrogen-bond acceptors (Lipinski definition) is 3. The van der Waals surface area contributed by atoms with Crippen molar-refractivity contribution in [3.8, 4) is 0 Å². The van der Waals surface area contributed by atoms with Gasteiger partial charge in [0.05, 0.1) is 5.56 Å². The zero-order valence-electron chi connectivity index (χ0n) is 21.0. The number of urea groups is 1. The average Bonchev–Trinajstić information content (AvgIpc) is 3.18. The van der Waals surface area contributed by atoms with Crippen molar-refractivity contribution >= 4 is 11.8 Å². The number of carbonyl (C=O) groups is 1. The molecule has 192 valence electrons. The van der Waals surface area contributed by atoms with Crippen LogP contribution in [-0.4, -0.2) is 33.8 Å². The molecule has 5 rings (SSSR count). The fourth-order valence-electron chi connectivity index (χ4n) is 8.53. The second-order valence-corrected chi connectivity index (χ2v) is 12.0. The van der Waals surface area contributed by atoms with Crippen molar-refractivity contribution in [2.45, 2.75) is 78.6 Å². The van der Waals surface area contributed by atoms with E-state index in [1.54, 1.807) is 0 Å². The van der Waals surface area contributed by atoms with E-state index < -0.39 is 24.0 Å². The molecule has 2 heterocycles. The van der Waals surface area contributed by atoms with Gasteiger partial charge in [-0.1, -0.05) is 38.3 Å². The van der Waals surface area contributed by atoms with E-state index in [0.717, 1.165) is 31.2 Å². The van der Waals surface area contributed by atoms with E-state index in [-0.39, 0.29) is 17.2 Å². The van der Waals surface area contributed by atoms with Crippen LogP contribution in [0.2, 0.25) is 0 Å². The van der Waals surface area contributed by atoms with Crippen molar-refractivity contribution in [2.24, 2.45) is 34.5 Å². The molecule has 1 aromatic rings. The summed E-state index contributed by atoms with van der Waals surface area (Å²) in [5, 5.41) is 13.7. The zero-order valence-corrected chi connectivity index (χ0v) is 21.0. The fraction of sp³-hybridized carbons (Fsp3) is 0.704. The molecule has 1 aromatic heterocycles. The molecule has 8 heteroatoms. The molecule has 2 unspecified atom stereocenters. The smallest absolute Gasteiger partial charge is 0.373 e. The van der Waals surface area contributed by atoms with Crippen LogP contribution in [-0.2, 0) is 6.18 Å². The first-order valence-corrected chi connectivity index (χ1v) is 12.8. The maximum absolute atomic E-state index is 13.3. The summed E-state index contributed by atoms with van der Waals surface area (Å²) in [6, 6.07) is 1.09. The lowest BCUT2D eigenvalue weighted by molar-refractivity contribution is -0.137. The molecule has 7 atom stereocenters. The largest absolute Gasteiger partial charge is 0.416 e. The third kappa shape index (κ3) is 3.87. The first-order valence-electron chi connectivity index (χ1n) is 12.8. The highest BCUT2D eigenvalue weighted by Crippen LogP contribution is 2.65. The highest BCUT2D eigenvalue weighted by atomic mass is 19.4. The Hall–Kier alpha value is -2.09. The number of pyridine rings is 1. The van der Waals surface area contributed by atoms with Crippen LogP contribution in [0.1, 0.15) is 71.8 Å². The van der Waals surface area contributed by atoms with Crippen molar-refractivity contribution in [3.05, 3.63) is 35.0 Å². The van der Waals surface area contributed by atoms with E-state index in [4.69, 9.17) is 0 Å². The van der Waals surface area contributed by atoms with Gasteiger partial charge >= 0.3 is 12.2 Å². The molecular weight excluding hydrogens is 455 g/mol. The average molecular weight is 492 g/mol. The Morgan fingerprint density at radius 3 is 2.69 bits per heavy atom. The predicted octanol–water partition coefficient (Wildman–Crippen LogP) is 6.46. The van der Waals surface area contributed by atoms with Crippen LogP contribution in [0.5, 0.6) is 0 Å². The van der Waals surface area contributed by atoms with Gasteiger partial charge in [-0.3, -0.25) is 10.2 Å². The van der Waals surface area contributed by atoms with Gasteiger partial charge < -0.3 is 5.11 Å². The molecule has 1 saturated heterocycles. The van der Waals surface area contributed by atoms with E-state index in [0.29, 0.717) is 29.7 Å². The normalized spacial score (nSPS) is 39.1. The number of anilines is 1. The lowest BCUT2D eigenvalue weighted by atomic mass is 9.47. The van der Waals surface area contributed by atoms with Gasteiger partial charge in [-0.2, -0.15) is 13.2 Å². The SMILES string of the molecule is CC1=C2C(C)C(O)N(C(=O)Nc3cc(C(F)(F)F)ccn3)C[C@]2(C)[C@@H]2CC[C@]3(C)CCC[C@H]3[C@@H]2C1. The van der Waals surface area contributed by atoms with Crippen molar-refractivity contribution < 1.29 is 23.1 Å². The van der Waals surface area contributed by atoms with E-state index in [2.05, 4.69) is 31.1 Å². The molecule has 1 aliphatic heterocycles. The number of nitrogens with zero attached hydrogens (tertiary/aromatic N) is 2. The molecule has 3 fully saturated rings. The molecule has 2 amide bonds. The summed E-state index contributed by atoms with van der Waals surface area (Å²) >= 11 is 0. The van der Waals surface area contributed by atoms with Gasteiger partial charge in [0.2, 0.25) is 0 Å². The summed E-state index contributed by atoms with van der Waals surface area (Å²) in [6.07, 6.45) is 2.66. The molecule has 0 spiro atoms. The molecule has 0 bridgehead atoms. The number of aliphatic hydroxyl groups is 1. The van der Waals surface area contributed by atoms with Gasteiger partial charge in [-0.05, 0) is 74.3 Å². The molecule has 3 aliphatic carbocycles. The Labute approximate surface area is 205 Å². The molecule has 35 heavy (non-hydrogen) atoms. The summed E-state index contributed by atoms with van der Waals surface area (Å²) in [5.41, 5.74) is 1.88. The number of piperidine rings is 1. The van der Waals surface area contributed by atoms with Crippen molar-refractivity contribution in [3.63, 3.8) is 0 Å². The van der Waals surface area contributed by atoms with E-state index in [9.17, 15) is 23.1 Å². The maximum Gasteiger partial charge on any atom is 0.416 e. The van der Waals surface area contributed by atoms with Crippen LogP contribution in [0, 0.1) is 34.5 Å². The van der Waals surface area contributed by atoms with Crippen molar-refractivity contribution in [2.75, 3.05) is 11.9 Å². The standard InChI is InChI=1S/C27H36F3N3O2/c1-15-12-18-19-6-5-9-25(19,3)10-7-20(18)26(4)14-33(23(34)16(2)22(15)26)24(35)32-21-13-17(8-11-31-21)27(28,29)30/h8,11,13,16,18-20,23,34H,5-7,9-10,12,14H2,1-4H3,(H,31,32,35)/t16?,18-,19-,20+,23?,25-,26+/m0/s1. The molecule has 2 N–H and O–H groups in total. The lowest BCUT2D eigenvalue weighted by Crippen LogP contribution is -2.62. The molecule has 0 aromatic carbocycles. The van der Waals surface area contributed by atoms with Crippen molar-refractivity contribution in [1.82, 2.24) is 9.88 Å². The number of fused-ring (bicyclic) bond motifs is 5. The lowest BCUT2D eigenvalue weighted by Gasteiger charge is -2.61. The molecule has 0 radical (unpaired) electrons. The molecular formula is C27H36F3N3O2. The summed E-state index contributed by atoms with van der Waals surface area (Å²) in [4.78, 5) is 18.6. The zero-order chi connectivity index (χ0) is 25.3. The Bertz CT molecular complexity index is 1060. The van der Waals surface area contributed by atoms with E-state index in [1.165, 1.54) is 41.7 Å².